The number of carbonyl (C=O) groups is 1. The number of aromatic nitrogens is 2. The molecule has 6 nitrogen and oxygen atoms in total. The van der Waals surface area contributed by atoms with Gasteiger partial charge in [-0.1, -0.05) is 48.0 Å². The van der Waals surface area contributed by atoms with Crippen LogP contribution in [-0.4, -0.2) is 40.6 Å². The third-order valence-corrected chi connectivity index (χ3v) is 5.96. The summed E-state index contributed by atoms with van der Waals surface area (Å²) < 4.78 is 6.87. The number of methoxy groups -OCH3 is 1. The fourth-order valence-electron chi connectivity index (χ4n) is 4.11. The van der Waals surface area contributed by atoms with Crippen molar-refractivity contribution in [2.45, 2.75) is 26.3 Å². The minimum atomic E-state index is -0.455. The van der Waals surface area contributed by atoms with E-state index in [1.54, 1.807) is 34.8 Å². The zero-order valence-electron chi connectivity index (χ0n) is 19.8. The second-order valence-corrected chi connectivity index (χ2v) is 8.35. The third-order valence-electron chi connectivity index (χ3n) is 5.96. The van der Waals surface area contributed by atoms with Crippen molar-refractivity contribution in [2.75, 3.05) is 20.3 Å². The highest BCUT2D eigenvalue weighted by Gasteiger charge is 2.27. The summed E-state index contributed by atoms with van der Waals surface area (Å²) in [6, 6.07) is 23.8. The molecule has 174 valence electrons. The number of fused-ring (bicyclic) bond motifs is 1. The molecule has 34 heavy (non-hydrogen) atoms. The topological polar surface area (TPSA) is 64.4 Å². The molecule has 1 aromatic heterocycles. The SMILES string of the molecule is COCCCN(C(=O)c1ccccc1)C(C)c1nc2ccccc2c(=O)n1-c1ccc(C)cc1. The Balaban J connectivity index is 1.88. The molecular formula is C28H29N3O3. The van der Waals surface area contributed by atoms with Gasteiger partial charge in [0.2, 0.25) is 0 Å². The normalized spacial score (nSPS) is 12.0. The highest BCUT2D eigenvalue weighted by atomic mass is 16.5. The van der Waals surface area contributed by atoms with Crippen molar-refractivity contribution in [1.82, 2.24) is 14.5 Å². The summed E-state index contributed by atoms with van der Waals surface area (Å²) in [5.74, 6) is 0.413. The Kier molecular flexibility index (Phi) is 7.18. The summed E-state index contributed by atoms with van der Waals surface area (Å²) in [5, 5.41) is 0.541. The van der Waals surface area contributed by atoms with E-state index in [-0.39, 0.29) is 11.5 Å². The van der Waals surface area contributed by atoms with E-state index in [0.717, 1.165) is 11.3 Å². The van der Waals surface area contributed by atoms with Crippen LogP contribution in [0.4, 0.5) is 0 Å². The molecule has 0 fully saturated rings. The molecule has 0 saturated heterocycles. The van der Waals surface area contributed by atoms with Crippen molar-refractivity contribution in [3.05, 3.63) is 106 Å². The first-order valence-corrected chi connectivity index (χ1v) is 11.4. The van der Waals surface area contributed by atoms with Gasteiger partial charge in [0.15, 0.2) is 0 Å². The van der Waals surface area contributed by atoms with Crippen LogP contribution >= 0.6 is 0 Å². The lowest BCUT2D eigenvalue weighted by Crippen LogP contribution is -2.38. The minimum absolute atomic E-state index is 0.109. The smallest absolute Gasteiger partial charge is 0.266 e. The average molecular weight is 456 g/mol. The molecule has 1 heterocycles. The molecule has 3 aromatic carbocycles. The van der Waals surface area contributed by atoms with Crippen molar-refractivity contribution in [3.63, 3.8) is 0 Å². The number of amides is 1. The van der Waals surface area contributed by atoms with Crippen LogP contribution in [0.3, 0.4) is 0 Å². The van der Waals surface area contributed by atoms with E-state index in [2.05, 4.69) is 0 Å². The molecule has 0 bridgehead atoms. The van der Waals surface area contributed by atoms with Crippen molar-refractivity contribution < 1.29 is 9.53 Å². The molecule has 0 spiro atoms. The molecule has 6 heteroatoms. The first-order chi connectivity index (χ1) is 16.5. The van der Waals surface area contributed by atoms with Crippen molar-refractivity contribution in [1.29, 1.82) is 0 Å². The zero-order chi connectivity index (χ0) is 24.1. The number of benzene rings is 3. The van der Waals surface area contributed by atoms with Crippen molar-refractivity contribution >= 4 is 16.8 Å². The lowest BCUT2D eigenvalue weighted by molar-refractivity contribution is 0.0657. The van der Waals surface area contributed by atoms with Crippen LogP contribution in [0.2, 0.25) is 0 Å². The lowest BCUT2D eigenvalue weighted by Gasteiger charge is -2.30. The molecule has 0 radical (unpaired) electrons. The Labute approximate surface area is 199 Å². The van der Waals surface area contributed by atoms with Gasteiger partial charge in [-0.2, -0.15) is 0 Å². The van der Waals surface area contributed by atoms with Gasteiger partial charge in [0.25, 0.3) is 11.5 Å². The van der Waals surface area contributed by atoms with Gasteiger partial charge in [-0.3, -0.25) is 14.2 Å². The molecule has 0 aliphatic carbocycles. The van der Waals surface area contributed by atoms with Crippen molar-refractivity contribution in [3.8, 4) is 5.69 Å². The van der Waals surface area contributed by atoms with Crippen LogP contribution in [-0.2, 0) is 4.74 Å². The molecule has 1 unspecified atom stereocenters. The summed E-state index contributed by atoms with van der Waals surface area (Å²) in [6.45, 7) is 4.93. The Morgan fingerprint density at radius 2 is 1.68 bits per heavy atom. The lowest BCUT2D eigenvalue weighted by atomic mass is 10.1. The fourth-order valence-corrected chi connectivity index (χ4v) is 4.11. The van der Waals surface area contributed by atoms with E-state index in [4.69, 9.17) is 9.72 Å². The average Bonchev–Trinajstić information content (AvgIpc) is 2.87. The van der Waals surface area contributed by atoms with Gasteiger partial charge in [0, 0.05) is 25.8 Å². The highest BCUT2D eigenvalue weighted by molar-refractivity contribution is 5.94. The van der Waals surface area contributed by atoms with Crippen molar-refractivity contribution in [2.24, 2.45) is 0 Å². The molecule has 4 rings (SSSR count). The molecule has 0 aliphatic rings. The maximum Gasteiger partial charge on any atom is 0.266 e. The maximum atomic E-state index is 13.7. The number of carbonyl (C=O) groups excluding carboxylic acids is 1. The number of nitrogens with zero attached hydrogens (tertiary/aromatic N) is 3. The van der Waals surface area contributed by atoms with Crippen LogP contribution in [0.25, 0.3) is 16.6 Å². The van der Waals surface area contributed by atoms with Gasteiger partial charge >= 0.3 is 0 Å². The van der Waals surface area contributed by atoms with Crippen LogP contribution < -0.4 is 5.56 Å². The predicted octanol–water partition coefficient (Wildman–Crippen LogP) is 4.93. The van der Waals surface area contributed by atoms with E-state index >= 15 is 0 Å². The zero-order valence-corrected chi connectivity index (χ0v) is 19.8. The van der Waals surface area contributed by atoms with E-state index in [1.807, 2.05) is 74.5 Å². The molecule has 0 saturated carbocycles. The van der Waals surface area contributed by atoms with E-state index < -0.39 is 6.04 Å². The van der Waals surface area contributed by atoms with Crippen LogP contribution in [0.15, 0.2) is 83.7 Å². The van der Waals surface area contributed by atoms with Gasteiger partial charge in [-0.15, -0.1) is 0 Å². The minimum Gasteiger partial charge on any atom is -0.385 e. The van der Waals surface area contributed by atoms with Crippen LogP contribution in [0, 0.1) is 6.92 Å². The van der Waals surface area contributed by atoms with E-state index in [1.165, 1.54) is 0 Å². The predicted molar refractivity (Wildman–Crippen MR) is 134 cm³/mol. The molecule has 0 aliphatic heterocycles. The Morgan fingerprint density at radius 1 is 1.00 bits per heavy atom. The summed E-state index contributed by atoms with van der Waals surface area (Å²) in [6.07, 6.45) is 0.668. The van der Waals surface area contributed by atoms with Crippen LogP contribution in [0.5, 0.6) is 0 Å². The second kappa shape index (κ2) is 10.4. The Hall–Kier alpha value is -3.77. The van der Waals surface area contributed by atoms with Gasteiger partial charge in [-0.05, 0) is 56.7 Å². The Morgan fingerprint density at radius 3 is 2.38 bits per heavy atom. The Bertz CT molecular complexity index is 1330. The first kappa shape index (κ1) is 23.4. The third kappa shape index (κ3) is 4.77. The number of hydrogen-bond donors (Lipinski definition) is 0. The van der Waals surface area contributed by atoms with Gasteiger partial charge in [-0.25, -0.2) is 4.98 Å². The molecule has 4 aromatic rings. The monoisotopic (exact) mass is 455 g/mol. The number of hydrogen-bond acceptors (Lipinski definition) is 4. The second-order valence-electron chi connectivity index (χ2n) is 8.35. The van der Waals surface area contributed by atoms with E-state index in [0.29, 0.717) is 41.9 Å². The molecule has 0 N–H and O–H groups in total. The van der Waals surface area contributed by atoms with Gasteiger partial charge < -0.3 is 9.64 Å². The molecule has 1 atom stereocenters. The van der Waals surface area contributed by atoms with Gasteiger partial charge in [0.05, 0.1) is 22.6 Å². The number of rotatable bonds is 8. The molecular weight excluding hydrogens is 426 g/mol. The maximum absolute atomic E-state index is 13.7. The first-order valence-electron chi connectivity index (χ1n) is 11.4. The highest BCUT2D eigenvalue weighted by Crippen LogP contribution is 2.25. The fraction of sp³-hybridized carbons (Fsp3) is 0.250. The standard InChI is InChI=1S/C28H29N3O3/c1-20-14-16-23(17-15-20)31-26(29-25-13-8-7-12-24(25)28(31)33)21(2)30(18-9-19-34-3)27(32)22-10-5-4-6-11-22/h4-8,10-17,21H,9,18-19H2,1-3H3. The summed E-state index contributed by atoms with van der Waals surface area (Å²) in [4.78, 5) is 33.9. The quantitative estimate of drug-likeness (QED) is 0.353. The molecule has 1 amide bonds. The van der Waals surface area contributed by atoms with Gasteiger partial charge in [0.1, 0.15) is 5.82 Å². The number of ether oxygens (including phenoxy) is 1. The summed E-state index contributed by atoms with van der Waals surface area (Å²) in [7, 11) is 1.65. The van der Waals surface area contributed by atoms with Crippen LogP contribution in [0.1, 0.15) is 41.1 Å². The largest absolute Gasteiger partial charge is 0.385 e. The van der Waals surface area contributed by atoms with E-state index in [9.17, 15) is 9.59 Å². The number of para-hydroxylation sites is 1. The summed E-state index contributed by atoms with van der Waals surface area (Å²) in [5.41, 5.74) is 2.87. The summed E-state index contributed by atoms with van der Waals surface area (Å²) >= 11 is 0. The number of aryl methyl sites for hydroxylation is 1.